The van der Waals surface area contributed by atoms with Gasteiger partial charge in [0.1, 0.15) is 12.1 Å². The van der Waals surface area contributed by atoms with Crippen molar-refractivity contribution in [3.8, 4) is 0 Å². The molecule has 0 saturated carbocycles. The van der Waals surface area contributed by atoms with Crippen LogP contribution in [0.5, 0.6) is 0 Å². The van der Waals surface area contributed by atoms with Crippen LogP contribution in [0.25, 0.3) is 16.6 Å². The van der Waals surface area contributed by atoms with Crippen LogP contribution >= 0.6 is 0 Å². The molecule has 5 heteroatoms. The summed E-state index contributed by atoms with van der Waals surface area (Å²) < 4.78 is 0. The van der Waals surface area contributed by atoms with Crippen molar-refractivity contribution in [2.24, 2.45) is 5.73 Å². The molecule has 0 aliphatic carbocycles. The van der Waals surface area contributed by atoms with Crippen LogP contribution in [0.1, 0.15) is 11.1 Å². The molecule has 3 aromatic rings. The van der Waals surface area contributed by atoms with E-state index in [2.05, 4.69) is 39.3 Å². The summed E-state index contributed by atoms with van der Waals surface area (Å²) in [6.07, 6.45) is 1.54. The van der Waals surface area contributed by atoms with E-state index in [9.17, 15) is 0 Å². The van der Waals surface area contributed by atoms with E-state index in [1.54, 1.807) is 6.33 Å². The number of anilines is 2. The van der Waals surface area contributed by atoms with E-state index in [0.717, 1.165) is 28.0 Å². The van der Waals surface area contributed by atoms with Crippen molar-refractivity contribution in [2.45, 2.75) is 6.54 Å². The number of benzene rings is 2. The van der Waals surface area contributed by atoms with Gasteiger partial charge in [-0.05, 0) is 23.8 Å². The van der Waals surface area contributed by atoms with Gasteiger partial charge in [-0.1, -0.05) is 30.8 Å². The first-order chi connectivity index (χ1) is 11.2. The molecule has 0 bridgehead atoms. The van der Waals surface area contributed by atoms with Crippen molar-refractivity contribution in [3.63, 3.8) is 0 Å². The second-order valence-electron chi connectivity index (χ2n) is 5.25. The van der Waals surface area contributed by atoms with Crippen LogP contribution in [0.2, 0.25) is 0 Å². The third kappa shape index (κ3) is 3.08. The number of nitrogens with zero attached hydrogens (tertiary/aromatic N) is 2. The average Bonchev–Trinajstić information content (AvgIpc) is 2.59. The van der Waals surface area contributed by atoms with Gasteiger partial charge in [-0.2, -0.15) is 0 Å². The lowest BCUT2D eigenvalue weighted by atomic mass is 10.1. The fraction of sp³-hybridized carbons (Fsp3) is 0.111. The van der Waals surface area contributed by atoms with Gasteiger partial charge in [0, 0.05) is 35.9 Å². The summed E-state index contributed by atoms with van der Waals surface area (Å²) in [4.78, 5) is 8.70. The lowest BCUT2D eigenvalue weighted by Crippen LogP contribution is -2.04. The van der Waals surface area contributed by atoms with Crippen molar-refractivity contribution in [1.29, 1.82) is 0 Å². The number of fused-ring (bicyclic) bond motifs is 1. The van der Waals surface area contributed by atoms with E-state index >= 15 is 0 Å². The van der Waals surface area contributed by atoms with Crippen LogP contribution in [0.3, 0.4) is 0 Å². The van der Waals surface area contributed by atoms with Crippen LogP contribution in [-0.4, -0.2) is 17.0 Å². The van der Waals surface area contributed by atoms with Crippen molar-refractivity contribution in [3.05, 3.63) is 66.5 Å². The predicted molar refractivity (Wildman–Crippen MR) is 96.1 cm³/mol. The molecule has 0 amide bonds. The van der Waals surface area contributed by atoms with E-state index in [1.807, 2.05) is 37.4 Å². The molecule has 4 N–H and O–H groups in total. The average molecular weight is 305 g/mol. The normalized spacial score (nSPS) is 10.5. The molecule has 1 heterocycles. The molecule has 116 valence electrons. The highest BCUT2D eigenvalue weighted by molar-refractivity contribution is 5.95. The summed E-state index contributed by atoms with van der Waals surface area (Å²) >= 11 is 0. The Morgan fingerprint density at radius 2 is 2.00 bits per heavy atom. The topological polar surface area (TPSA) is 75.9 Å². The van der Waals surface area contributed by atoms with E-state index in [1.165, 1.54) is 5.56 Å². The molecule has 5 nitrogen and oxygen atoms in total. The van der Waals surface area contributed by atoms with E-state index in [0.29, 0.717) is 12.2 Å². The first kappa shape index (κ1) is 14.8. The van der Waals surface area contributed by atoms with Crippen LogP contribution in [0, 0.1) is 0 Å². The largest absolute Gasteiger partial charge is 0.399 e. The second kappa shape index (κ2) is 6.36. The molecular weight excluding hydrogens is 286 g/mol. The highest BCUT2D eigenvalue weighted by atomic mass is 15.0. The van der Waals surface area contributed by atoms with E-state index in [4.69, 9.17) is 5.73 Å². The highest BCUT2D eigenvalue weighted by Crippen LogP contribution is 2.25. The lowest BCUT2D eigenvalue weighted by Gasteiger charge is -2.11. The third-order valence-electron chi connectivity index (χ3n) is 3.69. The molecule has 3 rings (SSSR count). The standard InChI is InChI=1S/C18H19N5/c1-12(19)15-7-4-8-16-17(15)22-11-23-18(16)21-10-13-5-3-6-14(9-13)20-2/h3-9,11,20H,1,10,19H2,2H3,(H,21,22,23). The lowest BCUT2D eigenvalue weighted by molar-refractivity contribution is 1.10. The minimum Gasteiger partial charge on any atom is -0.399 e. The molecule has 1 aromatic heterocycles. The van der Waals surface area contributed by atoms with Gasteiger partial charge in [0.05, 0.1) is 5.52 Å². The SMILES string of the molecule is C=C(N)c1cccc2c(NCc3cccc(NC)c3)ncnc12. The fourth-order valence-corrected chi connectivity index (χ4v) is 2.51. The van der Waals surface area contributed by atoms with Gasteiger partial charge in [0.2, 0.25) is 0 Å². The van der Waals surface area contributed by atoms with Crippen LogP contribution in [-0.2, 0) is 6.54 Å². The van der Waals surface area contributed by atoms with Gasteiger partial charge in [-0.15, -0.1) is 0 Å². The maximum atomic E-state index is 5.84. The van der Waals surface area contributed by atoms with E-state index in [-0.39, 0.29) is 0 Å². The van der Waals surface area contributed by atoms with Crippen molar-refractivity contribution in [2.75, 3.05) is 17.7 Å². The molecule has 0 unspecified atom stereocenters. The Hall–Kier alpha value is -3.08. The number of hydrogen-bond donors (Lipinski definition) is 3. The summed E-state index contributed by atoms with van der Waals surface area (Å²) in [6.45, 7) is 4.48. The molecule has 0 spiro atoms. The van der Waals surface area contributed by atoms with Gasteiger partial charge >= 0.3 is 0 Å². The molecule has 0 aliphatic heterocycles. The number of para-hydroxylation sites is 1. The monoisotopic (exact) mass is 305 g/mol. The third-order valence-corrected chi connectivity index (χ3v) is 3.69. The van der Waals surface area contributed by atoms with Crippen LogP contribution in [0.15, 0.2) is 55.4 Å². The Kier molecular flexibility index (Phi) is 4.10. The first-order valence-electron chi connectivity index (χ1n) is 7.38. The van der Waals surface area contributed by atoms with Gasteiger partial charge < -0.3 is 16.4 Å². The summed E-state index contributed by atoms with van der Waals surface area (Å²) in [5, 5.41) is 7.44. The van der Waals surface area contributed by atoms with Crippen molar-refractivity contribution >= 4 is 28.1 Å². The minimum atomic E-state index is 0.502. The molecule has 0 saturated heterocycles. The van der Waals surface area contributed by atoms with Gasteiger partial charge in [-0.3, -0.25) is 0 Å². The van der Waals surface area contributed by atoms with Gasteiger partial charge in [0.15, 0.2) is 0 Å². The Labute approximate surface area is 135 Å². The number of aromatic nitrogens is 2. The zero-order valence-corrected chi connectivity index (χ0v) is 13.0. The Bertz CT molecular complexity index is 857. The summed E-state index contributed by atoms with van der Waals surface area (Å²) in [5.74, 6) is 0.785. The van der Waals surface area contributed by atoms with Crippen molar-refractivity contribution < 1.29 is 0 Å². The minimum absolute atomic E-state index is 0.502. The Morgan fingerprint density at radius 3 is 2.78 bits per heavy atom. The number of hydrogen-bond acceptors (Lipinski definition) is 5. The number of rotatable bonds is 5. The van der Waals surface area contributed by atoms with Crippen LogP contribution in [0.4, 0.5) is 11.5 Å². The molecule has 2 aromatic carbocycles. The predicted octanol–water partition coefficient (Wildman–Crippen LogP) is 3.21. The quantitative estimate of drug-likeness (QED) is 0.675. The Morgan fingerprint density at radius 1 is 1.17 bits per heavy atom. The maximum Gasteiger partial charge on any atom is 0.137 e. The Balaban J connectivity index is 1.91. The molecule has 23 heavy (non-hydrogen) atoms. The van der Waals surface area contributed by atoms with Gasteiger partial charge in [-0.25, -0.2) is 9.97 Å². The smallest absolute Gasteiger partial charge is 0.137 e. The molecular formula is C18H19N5. The molecule has 0 fully saturated rings. The molecule has 0 aliphatic rings. The summed E-state index contributed by atoms with van der Waals surface area (Å²) in [5.41, 5.74) is 10.2. The summed E-state index contributed by atoms with van der Waals surface area (Å²) in [7, 11) is 1.91. The highest BCUT2D eigenvalue weighted by Gasteiger charge is 2.08. The number of nitrogens with two attached hydrogens (primary N) is 1. The number of nitrogens with one attached hydrogen (secondary N) is 2. The maximum absolute atomic E-state index is 5.84. The van der Waals surface area contributed by atoms with E-state index < -0.39 is 0 Å². The zero-order chi connectivity index (χ0) is 16.2. The molecule has 0 atom stereocenters. The van der Waals surface area contributed by atoms with Crippen LogP contribution < -0.4 is 16.4 Å². The first-order valence-corrected chi connectivity index (χ1v) is 7.38. The fourth-order valence-electron chi connectivity index (χ4n) is 2.51. The van der Waals surface area contributed by atoms with Gasteiger partial charge in [0.25, 0.3) is 0 Å². The molecule has 0 radical (unpaired) electrons. The van der Waals surface area contributed by atoms with Crippen molar-refractivity contribution in [1.82, 2.24) is 9.97 Å². The second-order valence-corrected chi connectivity index (χ2v) is 5.25. The summed E-state index contributed by atoms with van der Waals surface area (Å²) in [6, 6.07) is 14.1. The zero-order valence-electron chi connectivity index (χ0n) is 13.0.